The molecule has 1 atom stereocenters. The van der Waals surface area contributed by atoms with Crippen molar-refractivity contribution in [3.63, 3.8) is 0 Å². The number of aryl methyl sites for hydroxylation is 1. The van der Waals surface area contributed by atoms with E-state index in [1.807, 2.05) is 73.0 Å². The molecule has 0 saturated carbocycles. The van der Waals surface area contributed by atoms with Crippen molar-refractivity contribution in [1.29, 1.82) is 0 Å². The van der Waals surface area contributed by atoms with E-state index in [1.165, 1.54) is 29.5 Å². The molecule has 0 aliphatic rings. The molecule has 4 aromatic carbocycles. The van der Waals surface area contributed by atoms with E-state index in [9.17, 15) is 14.9 Å². The molecule has 9 heteroatoms. The summed E-state index contributed by atoms with van der Waals surface area (Å²) in [6.45, 7) is 3.89. The Balaban J connectivity index is 1.39. The highest BCUT2D eigenvalue weighted by atomic mass is 32.2. The predicted molar refractivity (Wildman–Crippen MR) is 157 cm³/mol. The van der Waals surface area contributed by atoms with Gasteiger partial charge in [-0.1, -0.05) is 84.1 Å². The number of nitro groups is 1. The Labute approximate surface area is 236 Å². The van der Waals surface area contributed by atoms with Gasteiger partial charge in [0.25, 0.3) is 11.6 Å². The minimum atomic E-state index is -0.489. The first-order valence-electron chi connectivity index (χ1n) is 12.7. The predicted octanol–water partition coefficient (Wildman–Crippen LogP) is 6.93. The second kappa shape index (κ2) is 12.0. The van der Waals surface area contributed by atoms with Gasteiger partial charge in [0.05, 0.1) is 11.0 Å². The summed E-state index contributed by atoms with van der Waals surface area (Å²) in [4.78, 5) is 23.9. The number of aromatic nitrogens is 3. The average molecular weight is 550 g/mol. The Kier molecular flexibility index (Phi) is 8.02. The molecule has 40 heavy (non-hydrogen) atoms. The van der Waals surface area contributed by atoms with Crippen LogP contribution in [0.2, 0.25) is 0 Å². The van der Waals surface area contributed by atoms with Crippen molar-refractivity contribution in [2.75, 3.05) is 0 Å². The molecule has 0 aliphatic carbocycles. The van der Waals surface area contributed by atoms with Gasteiger partial charge in [-0.3, -0.25) is 19.5 Å². The van der Waals surface area contributed by atoms with Gasteiger partial charge >= 0.3 is 0 Å². The molecular formula is C31H27N5O3S. The van der Waals surface area contributed by atoms with E-state index in [0.717, 1.165) is 16.7 Å². The van der Waals surface area contributed by atoms with Gasteiger partial charge in [0.2, 0.25) is 0 Å². The van der Waals surface area contributed by atoms with E-state index in [4.69, 9.17) is 0 Å². The fourth-order valence-corrected chi connectivity index (χ4v) is 5.26. The molecule has 8 nitrogen and oxygen atoms in total. The van der Waals surface area contributed by atoms with Crippen LogP contribution >= 0.6 is 11.8 Å². The van der Waals surface area contributed by atoms with Crippen LogP contribution in [0.25, 0.3) is 16.8 Å². The van der Waals surface area contributed by atoms with Crippen LogP contribution < -0.4 is 5.32 Å². The number of amides is 1. The van der Waals surface area contributed by atoms with Crippen molar-refractivity contribution in [2.24, 2.45) is 0 Å². The second-order valence-electron chi connectivity index (χ2n) is 9.37. The molecule has 5 rings (SSSR count). The van der Waals surface area contributed by atoms with E-state index in [-0.39, 0.29) is 11.6 Å². The lowest BCUT2D eigenvalue weighted by Crippen LogP contribution is -2.28. The standard InChI is InChI=1S/C31H27N5O3S/c1-21-7-6-8-23(19-21)20-40-31-34-33-29(35(31)27-15-17-28(18-16-27)36(38)39)22(2)32-30(37)26-13-11-25(12-14-26)24-9-4-3-5-10-24/h3-19,22H,20H2,1-2H3,(H,32,37). The normalized spacial score (nSPS) is 11.7. The number of carbonyl (C=O) groups excluding carboxylic acids is 1. The van der Waals surface area contributed by atoms with Crippen molar-refractivity contribution < 1.29 is 9.72 Å². The summed E-state index contributed by atoms with van der Waals surface area (Å²) in [6, 6.07) is 31.4. The van der Waals surface area contributed by atoms with Gasteiger partial charge < -0.3 is 5.32 Å². The lowest BCUT2D eigenvalue weighted by molar-refractivity contribution is -0.384. The lowest BCUT2D eigenvalue weighted by atomic mass is 10.0. The van der Waals surface area contributed by atoms with Crippen molar-refractivity contribution >= 4 is 23.4 Å². The molecule has 0 saturated heterocycles. The van der Waals surface area contributed by atoms with Crippen molar-refractivity contribution in [1.82, 2.24) is 20.1 Å². The highest BCUT2D eigenvalue weighted by Gasteiger charge is 2.22. The van der Waals surface area contributed by atoms with E-state index >= 15 is 0 Å². The summed E-state index contributed by atoms with van der Waals surface area (Å²) in [7, 11) is 0. The Morgan fingerprint density at radius 3 is 2.30 bits per heavy atom. The first-order valence-corrected chi connectivity index (χ1v) is 13.7. The lowest BCUT2D eigenvalue weighted by Gasteiger charge is -2.16. The summed E-state index contributed by atoms with van der Waals surface area (Å²) in [5.74, 6) is 0.954. The Morgan fingerprint density at radius 1 is 0.925 bits per heavy atom. The molecule has 0 radical (unpaired) electrons. The quantitative estimate of drug-likeness (QED) is 0.121. The van der Waals surface area contributed by atoms with Crippen molar-refractivity contribution in [2.45, 2.75) is 30.8 Å². The highest BCUT2D eigenvalue weighted by molar-refractivity contribution is 7.98. The first-order chi connectivity index (χ1) is 19.4. The maximum absolute atomic E-state index is 13.1. The number of hydrogen-bond donors (Lipinski definition) is 1. The summed E-state index contributed by atoms with van der Waals surface area (Å²) in [5.41, 5.74) is 5.61. The van der Waals surface area contributed by atoms with E-state index < -0.39 is 11.0 Å². The summed E-state index contributed by atoms with van der Waals surface area (Å²) in [5, 5.41) is 23.7. The number of nitro benzene ring substituents is 1. The minimum Gasteiger partial charge on any atom is -0.342 e. The largest absolute Gasteiger partial charge is 0.342 e. The monoisotopic (exact) mass is 549 g/mol. The molecule has 0 aliphatic heterocycles. The number of nitrogens with one attached hydrogen (secondary N) is 1. The first kappa shape index (κ1) is 26.8. The molecule has 0 fully saturated rings. The smallest absolute Gasteiger partial charge is 0.269 e. The summed E-state index contributed by atoms with van der Waals surface area (Å²) in [6.07, 6.45) is 0. The number of rotatable bonds is 9. The molecule has 200 valence electrons. The van der Waals surface area contributed by atoms with Crippen LogP contribution in [0.5, 0.6) is 0 Å². The topological polar surface area (TPSA) is 103 Å². The minimum absolute atomic E-state index is 0.00682. The van der Waals surface area contributed by atoms with Crippen LogP contribution in [0, 0.1) is 17.0 Å². The third-order valence-electron chi connectivity index (χ3n) is 6.42. The average Bonchev–Trinajstić information content (AvgIpc) is 3.41. The summed E-state index contributed by atoms with van der Waals surface area (Å²) < 4.78 is 1.84. The molecule has 1 unspecified atom stereocenters. The van der Waals surface area contributed by atoms with Gasteiger partial charge in [0.1, 0.15) is 0 Å². The SMILES string of the molecule is Cc1cccc(CSc2nnc(C(C)NC(=O)c3ccc(-c4ccccc4)cc3)n2-c2ccc([N+](=O)[O-])cc2)c1. The number of hydrogen-bond acceptors (Lipinski definition) is 6. The number of carbonyl (C=O) groups is 1. The fourth-order valence-electron chi connectivity index (χ4n) is 4.36. The van der Waals surface area contributed by atoms with Crippen LogP contribution in [0.15, 0.2) is 108 Å². The number of thioether (sulfide) groups is 1. The van der Waals surface area contributed by atoms with Crippen LogP contribution in [-0.4, -0.2) is 25.6 Å². The molecular weight excluding hydrogens is 522 g/mol. The van der Waals surface area contributed by atoms with Gasteiger partial charge in [0.15, 0.2) is 11.0 Å². The van der Waals surface area contributed by atoms with Gasteiger partial charge in [-0.05, 0) is 54.8 Å². The highest BCUT2D eigenvalue weighted by Crippen LogP contribution is 2.29. The Morgan fingerprint density at radius 2 is 1.62 bits per heavy atom. The Bertz CT molecular complexity index is 1630. The van der Waals surface area contributed by atoms with Crippen LogP contribution in [0.1, 0.15) is 40.3 Å². The van der Waals surface area contributed by atoms with Crippen LogP contribution in [0.3, 0.4) is 0 Å². The van der Waals surface area contributed by atoms with Crippen LogP contribution in [0.4, 0.5) is 5.69 Å². The maximum atomic E-state index is 13.1. The molecule has 1 amide bonds. The van der Waals surface area contributed by atoms with Gasteiger partial charge in [-0.15, -0.1) is 10.2 Å². The summed E-state index contributed by atoms with van der Waals surface area (Å²) >= 11 is 1.51. The van der Waals surface area contributed by atoms with Gasteiger partial charge in [-0.25, -0.2) is 0 Å². The molecule has 5 aromatic rings. The molecule has 1 aromatic heterocycles. The third-order valence-corrected chi connectivity index (χ3v) is 7.42. The van der Waals surface area contributed by atoms with Crippen molar-refractivity contribution in [3.8, 4) is 16.8 Å². The number of non-ortho nitro benzene ring substituents is 1. The van der Waals surface area contributed by atoms with E-state index in [1.54, 1.807) is 24.3 Å². The van der Waals surface area contributed by atoms with E-state index in [2.05, 4.69) is 27.6 Å². The zero-order valence-corrected chi connectivity index (χ0v) is 22.8. The van der Waals surface area contributed by atoms with Gasteiger partial charge in [-0.2, -0.15) is 0 Å². The number of benzene rings is 4. The van der Waals surface area contributed by atoms with Gasteiger partial charge in [0, 0.05) is 29.1 Å². The molecule has 1 N–H and O–H groups in total. The third kappa shape index (κ3) is 6.10. The zero-order chi connectivity index (χ0) is 28.1. The van der Waals surface area contributed by atoms with Crippen molar-refractivity contribution in [3.05, 3.63) is 136 Å². The Hall–Kier alpha value is -4.76. The molecule has 0 spiro atoms. The van der Waals surface area contributed by atoms with E-state index in [0.29, 0.717) is 28.0 Å². The fraction of sp³-hybridized carbons (Fsp3) is 0.129. The van der Waals surface area contributed by atoms with Crippen LogP contribution in [-0.2, 0) is 5.75 Å². The molecule has 0 bridgehead atoms. The molecule has 1 heterocycles. The maximum Gasteiger partial charge on any atom is 0.269 e. The second-order valence-corrected chi connectivity index (χ2v) is 10.3. The zero-order valence-electron chi connectivity index (χ0n) is 22.0. The number of nitrogens with zero attached hydrogens (tertiary/aromatic N) is 4.